The van der Waals surface area contributed by atoms with Gasteiger partial charge in [-0.1, -0.05) is 84.6 Å². The lowest BCUT2D eigenvalue weighted by molar-refractivity contribution is 1.00. The summed E-state index contributed by atoms with van der Waals surface area (Å²) in [6.07, 6.45) is 2.04. The van der Waals surface area contributed by atoms with Gasteiger partial charge in [0.15, 0.2) is 0 Å². The summed E-state index contributed by atoms with van der Waals surface area (Å²) in [4.78, 5) is 2.81. The Morgan fingerprint density at radius 2 is 1.48 bits per heavy atom. The van der Waals surface area contributed by atoms with Gasteiger partial charge >= 0.3 is 0 Å². The first-order valence-electron chi connectivity index (χ1n) is 8.71. The molecule has 4 aromatic rings. The predicted molar refractivity (Wildman–Crippen MR) is 107 cm³/mol. The molecule has 0 spiro atoms. The van der Waals surface area contributed by atoms with Crippen molar-refractivity contribution in [2.75, 3.05) is 0 Å². The average molecular weight is 338 g/mol. The summed E-state index contributed by atoms with van der Waals surface area (Å²) in [6.45, 7) is 0. The first kappa shape index (κ1) is 14.8. The molecule has 5 rings (SSSR count). The van der Waals surface area contributed by atoms with Gasteiger partial charge in [0.1, 0.15) is 0 Å². The predicted octanol–water partition coefficient (Wildman–Crippen LogP) is 6.49. The van der Waals surface area contributed by atoms with Crippen LogP contribution in [-0.4, -0.2) is 0 Å². The van der Waals surface area contributed by atoms with E-state index in [0.717, 1.165) is 12.8 Å². The van der Waals surface area contributed by atoms with E-state index in [1.807, 2.05) is 11.8 Å². The van der Waals surface area contributed by atoms with Gasteiger partial charge in [-0.3, -0.25) is 0 Å². The van der Waals surface area contributed by atoms with Crippen LogP contribution in [0.15, 0.2) is 94.7 Å². The van der Waals surface area contributed by atoms with Gasteiger partial charge in [0.05, 0.1) is 0 Å². The number of hydrogen-bond donors (Lipinski definition) is 0. The van der Waals surface area contributed by atoms with Gasteiger partial charge in [0.25, 0.3) is 0 Å². The Morgan fingerprint density at radius 1 is 0.680 bits per heavy atom. The summed E-state index contributed by atoms with van der Waals surface area (Å²) < 4.78 is 0. The molecular formula is C24H18S. The van der Waals surface area contributed by atoms with Gasteiger partial charge in [-0.05, 0) is 58.0 Å². The second-order valence-electron chi connectivity index (χ2n) is 6.64. The second kappa shape index (κ2) is 6.09. The Labute approximate surface area is 152 Å². The van der Waals surface area contributed by atoms with Crippen LogP contribution < -0.4 is 0 Å². The molecule has 0 saturated heterocycles. The van der Waals surface area contributed by atoms with Crippen molar-refractivity contribution < 1.29 is 0 Å². The van der Waals surface area contributed by atoms with Gasteiger partial charge in [0.2, 0.25) is 0 Å². The molecule has 0 atom stereocenters. The lowest BCUT2D eigenvalue weighted by atomic mass is 9.94. The molecule has 0 fully saturated rings. The third-order valence-electron chi connectivity index (χ3n) is 5.00. The first-order chi connectivity index (χ1) is 12.4. The molecule has 1 heteroatoms. The maximum atomic E-state index is 2.33. The van der Waals surface area contributed by atoms with E-state index in [1.54, 1.807) is 0 Å². The number of fused-ring (bicyclic) bond motifs is 3. The van der Waals surface area contributed by atoms with Crippen molar-refractivity contribution in [3.05, 3.63) is 107 Å². The van der Waals surface area contributed by atoms with Gasteiger partial charge in [0, 0.05) is 9.79 Å². The van der Waals surface area contributed by atoms with E-state index in [-0.39, 0.29) is 0 Å². The Kier molecular flexibility index (Phi) is 3.61. The van der Waals surface area contributed by atoms with Crippen LogP contribution in [0.3, 0.4) is 0 Å². The van der Waals surface area contributed by atoms with Crippen molar-refractivity contribution in [1.82, 2.24) is 0 Å². The monoisotopic (exact) mass is 338 g/mol. The fourth-order valence-corrected chi connectivity index (χ4v) is 4.83. The van der Waals surface area contributed by atoms with Crippen LogP contribution in [0.4, 0.5) is 0 Å². The summed E-state index contributed by atoms with van der Waals surface area (Å²) in [7, 11) is 0. The molecule has 0 N–H and O–H groups in total. The number of rotatable bonds is 2. The Morgan fingerprint density at radius 3 is 2.44 bits per heavy atom. The Balaban J connectivity index is 1.53. The highest BCUT2D eigenvalue weighted by Crippen LogP contribution is 2.41. The van der Waals surface area contributed by atoms with Crippen molar-refractivity contribution >= 4 is 22.5 Å². The topological polar surface area (TPSA) is 0 Å². The summed E-state index contributed by atoms with van der Waals surface area (Å²) in [5.41, 5.74) is 5.79. The lowest BCUT2D eigenvalue weighted by Gasteiger charge is -2.21. The van der Waals surface area contributed by atoms with Gasteiger partial charge in [-0.15, -0.1) is 0 Å². The maximum Gasteiger partial charge on any atom is 0.0160 e. The van der Waals surface area contributed by atoms with Crippen molar-refractivity contribution in [3.8, 4) is 0 Å². The van der Waals surface area contributed by atoms with E-state index < -0.39 is 0 Å². The Hall–Kier alpha value is -2.51. The van der Waals surface area contributed by atoms with Crippen molar-refractivity contribution in [1.29, 1.82) is 0 Å². The quantitative estimate of drug-likeness (QED) is 0.355. The van der Waals surface area contributed by atoms with Crippen molar-refractivity contribution in [2.24, 2.45) is 0 Å². The molecule has 0 nitrogen and oxygen atoms in total. The summed E-state index contributed by atoms with van der Waals surface area (Å²) >= 11 is 1.91. The van der Waals surface area contributed by atoms with Crippen LogP contribution in [0, 0.1) is 0 Å². The van der Waals surface area contributed by atoms with Crippen molar-refractivity contribution in [3.63, 3.8) is 0 Å². The van der Waals surface area contributed by atoms with Gasteiger partial charge in [-0.2, -0.15) is 0 Å². The maximum absolute atomic E-state index is 2.33. The molecule has 1 heterocycles. The minimum atomic E-state index is 0.997. The van der Waals surface area contributed by atoms with Crippen LogP contribution in [0.25, 0.3) is 10.8 Å². The molecule has 25 heavy (non-hydrogen) atoms. The molecule has 0 saturated carbocycles. The van der Waals surface area contributed by atoms with Gasteiger partial charge in [-0.25, -0.2) is 0 Å². The number of benzene rings is 4. The molecule has 120 valence electrons. The SMILES string of the molecule is c1ccc2c(c1)Cc1c(Cc3ccc4ccccc4c3)cccc1S2. The highest BCUT2D eigenvalue weighted by Gasteiger charge is 2.18. The molecule has 0 unspecified atom stereocenters. The molecule has 0 amide bonds. The van der Waals surface area contributed by atoms with E-state index in [4.69, 9.17) is 0 Å². The molecule has 0 aliphatic carbocycles. The van der Waals surface area contributed by atoms with E-state index in [9.17, 15) is 0 Å². The fraction of sp³-hybridized carbons (Fsp3) is 0.0833. The largest absolute Gasteiger partial charge is 0.0895 e. The smallest absolute Gasteiger partial charge is 0.0160 e. The van der Waals surface area contributed by atoms with E-state index in [1.165, 1.54) is 42.8 Å². The Bertz CT molecular complexity index is 1080. The normalized spacial score (nSPS) is 12.6. The average Bonchev–Trinajstić information content (AvgIpc) is 2.67. The zero-order chi connectivity index (χ0) is 16.6. The molecule has 0 aromatic heterocycles. The van der Waals surface area contributed by atoms with Crippen molar-refractivity contribution in [2.45, 2.75) is 22.6 Å². The minimum Gasteiger partial charge on any atom is -0.0895 e. The minimum absolute atomic E-state index is 0.997. The van der Waals surface area contributed by atoms with Crippen LogP contribution in [0.1, 0.15) is 22.3 Å². The molecule has 1 aliphatic heterocycles. The zero-order valence-corrected chi connectivity index (χ0v) is 14.7. The van der Waals surface area contributed by atoms with Crippen LogP contribution in [0.2, 0.25) is 0 Å². The molecule has 1 aliphatic rings. The zero-order valence-electron chi connectivity index (χ0n) is 13.9. The summed E-state index contributed by atoms with van der Waals surface area (Å²) in [5, 5.41) is 2.63. The standard InChI is InChI=1S/C24H18S/c1-2-7-19-14-17(12-13-18(19)6-1)15-20-9-5-11-24-22(20)16-21-8-3-4-10-23(21)25-24/h1-14H,15-16H2. The van der Waals surface area contributed by atoms with E-state index in [0.29, 0.717) is 0 Å². The molecule has 0 radical (unpaired) electrons. The first-order valence-corrected chi connectivity index (χ1v) is 9.53. The summed E-state index contributed by atoms with van der Waals surface area (Å²) in [6, 6.07) is 31.0. The van der Waals surface area contributed by atoms with Crippen LogP contribution in [0.5, 0.6) is 0 Å². The van der Waals surface area contributed by atoms with E-state index in [2.05, 4.69) is 84.9 Å². The van der Waals surface area contributed by atoms with E-state index >= 15 is 0 Å². The lowest BCUT2D eigenvalue weighted by Crippen LogP contribution is -2.04. The second-order valence-corrected chi connectivity index (χ2v) is 7.72. The molecule has 0 bridgehead atoms. The highest BCUT2D eigenvalue weighted by atomic mass is 32.2. The highest BCUT2D eigenvalue weighted by molar-refractivity contribution is 7.99. The fourth-order valence-electron chi connectivity index (χ4n) is 3.70. The van der Waals surface area contributed by atoms with Crippen LogP contribution in [-0.2, 0) is 12.8 Å². The number of hydrogen-bond acceptors (Lipinski definition) is 1. The molecular weight excluding hydrogens is 320 g/mol. The van der Waals surface area contributed by atoms with Gasteiger partial charge < -0.3 is 0 Å². The third kappa shape index (κ3) is 2.75. The van der Waals surface area contributed by atoms with Crippen LogP contribution >= 0.6 is 11.8 Å². The third-order valence-corrected chi connectivity index (χ3v) is 6.22. The molecule has 4 aromatic carbocycles. The summed E-state index contributed by atoms with van der Waals surface area (Å²) in [5.74, 6) is 0.